The van der Waals surface area contributed by atoms with Crippen LogP contribution in [0.2, 0.25) is 0 Å². The first-order chi connectivity index (χ1) is 13.1. The maximum absolute atomic E-state index is 12.3. The summed E-state index contributed by atoms with van der Waals surface area (Å²) in [5.74, 6) is 0.843. The number of H-pyrrole nitrogens is 1. The van der Waals surface area contributed by atoms with Crippen LogP contribution in [-0.2, 0) is 0 Å². The zero-order valence-electron chi connectivity index (χ0n) is 14.6. The van der Waals surface area contributed by atoms with Crippen LogP contribution in [0.3, 0.4) is 0 Å². The van der Waals surface area contributed by atoms with Gasteiger partial charge in [0.05, 0.1) is 17.9 Å². The molecule has 27 heavy (non-hydrogen) atoms. The number of ketones is 1. The Morgan fingerprint density at radius 2 is 1.85 bits per heavy atom. The molecule has 0 saturated carbocycles. The molecule has 0 bridgehead atoms. The van der Waals surface area contributed by atoms with Gasteiger partial charge in [0.2, 0.25) is 0 Å². The van der Waals surface area contributed by atoms with Gasteiger partial charge in [-0.15, -0.1) is 11.8 Å². The Kier molecular flexibility index (Phi) is 5.74. The molecule has 1 aromatic heterocycles. The molecule has 3 aromatic rings. The second-order valence-electron chi connectivity index (χ2n) is 5.67. The lowest BCUT2D eigenvalue weighted by Gasteiger charge is -2.08. The number of aromatic amines is 1. The number of rotatable bonds is 6. The van der Waals surface area contributed by atoms with Crippen molar-refractivity contribution in [2.45, 2.75) is 5.03 Å². The van der Waals surface area contributed by atoms with Crippen molar-refractivity contribution in [3.05, 3.63) is 82.1 Å². The first-order valence-electron chi connectivity index (χ1n) is 8.15. The lowest BCUT2D eigenvalue weighted by Crippen LogP contribution is -2.13. The van der Waals surface area contributed by atoms with Crippen LogP contribution < -0.4 is 10.3 Å². The monoisotopic (exact) mass is 376 g/mol. The smallest absolute Gasteiger partial charge is 0.267 e. The Hall–Kier alpha value is -3.30. The summed E-state index contributed by atoms with van der Waals surface area (Å²) in [5, 5.41) is 9.90. The van der Waals surface area contributed by atoms with Crippen LogP contribution in [0.15, 0.2) is 70.5 Å². The van der Waals surface area contributed by atoms with Gasteiger partial charge in [-0.05, 0) is 23.8 Å². The summed E-state index contributed by atoms with van der Waals surface area (Å²) in [6, 6.07) is 19.8. The second kappa shape index (κ2) is 8.39. The van der Waals surface area contributed by atoms with Crippen molar-refractivity contribution in [1.29, 1.82) is 5.26 Å². The van der Waals surface area contributed by atoms with E-state index in [1.807, 2.05) is 24.3 Å². The van der Waals surface area contributed by atoms with E-state index in [2.05, 4.69) is 4.98 Å². The average molecular weight is 376 g/mol. The average Bonchev–Trinajstić information content (AvgIpc) is 2.72. The fraction of sp³-hybridized carbons (Fsp3) is 0.0952. The summed E-state index contributed by atoms with van der Waals surface area (Å²) in [4.78, 5) is 27.2. The number of carbonyl (C=O) groups excluding carboxylic acids is 1. The van der Waals surface area contributed by atoms with Gasteiger partial charge >= 0.3 is 0 Å². The Morgan fingerprint density at radius 3 is 2.48 bits per heavy atom. The van der Waals surface area contributed by atoms with Gasteiger partial charge in [0, 0.05) is 11.1 Å². The number of hydrogen-bond acceptors (Lipinski definition) is 5. The van der Waals surface area contributed by atoms with Gasteiger partial charge in [-0.25, -0.2) is 0 Å². The van der Waals surface area contributed by atoms with Gasteiger partial charge in [0.1, 0.15) is 17.4 Å². The first-order valence-corrected chi connectivity index (χ1v) is 9.14. The molecule has 0 saturated heterocycles. The number of hydrogen-bond donors (Lipinski definition) is 1. The number of methoxy groups -OCH3 is 1. The minimum Gasteiger partial charge on any atom is -0.497 e. The Labute approximate surface area is 160 Å². The maximum atomic E-state index is 12.3. The lowest BCUT2D eigenvalue weighted by molar-refractivity contribution is 0.102. The SMILES string of the molecule is COc1ccc(-c2cc(SCC(=O)c3ccccc3)[nH]c(=O)c2C#N)cc1. The van der Waals surface area contributed by atoms with Gasteiger partial charge in [0.25, 0.3) is 5.56 Å². The first kappa shape index (κ1) is 18.5. The second-order valence-corrected chi connectivity index (χ2v) is 6.69. The maximum Gasteiger partial charge on any atom is 0.267 e. The normalized spacial score (nSPS) is 10.2. The molecule has 5 nitrogen and oxygen atoms in total. The summed E-state index contributed by atoms with van der Waals surface area (Å²) in [6.45, 7) is 0. The number of nitriles is 1. The Bertz CT molecular complexity index is 1050. The van der Waals surface area contributed by atoms with E-state index < -0.39 is 5.56 Å². The van der Waals surface area contributed by atoms with E-state index in [0.29, 0.717) is 21.9 Å². The number of benzene rings is 2. The third-order valence-electron chi connectivity index (χ3n) is 3.98. The van der Waals surface area contributed by atoms with Crippen LogP contribution >= 0.6 is 11.8 Å². The van der Waals surface area contributed by atoms with E-state index in [1.54, 1.807) is 49.6 Å². The zero-order chi connectivity index (χ0) is 19.2. The van der Waals surface area contributed by atoms with Crippen molar-refractivity contribution in [1.82, 2.24) is 4.98 Å². The number of ether oxygens (including phenoxy) is 1. The van der Waals surface area contributed by atoms with Crippen molar-refractivity contribution in [3.63, 3.8) is 0 Å². The van der Waals surface area contributed by atoms with E-state index in [9.17, 15) is 14.9 Å². The van der Waals surface area contributed by atoms with Gasteiger partial charge in [-0.2, -0.15) is 5.26 Å². The lowest BCUT2D eigenvalue weighted by atomic mass is 10.0. The van der Waals surface area contributed by atoms with Gasteiger partial charge in [0.15, 0.2) is 5.78 Å². The van der Waals surface area contributed by atoms with Gasteiger partial charge in [-0.1, -0.05) is 42.5 Å². The Morgan fingerprint density at radius 1 is 1.15 bits per heavy atom. The molecule has 0 atom stereocenters. The van der Waals surface area contributed by atoms with Crippen molar-refractivity contribution in [2.75, 3.05) is 12.9 Å². The quantitative estimate of drug-likeness (QED) is 0.521. The molecule has 0 radical (unpaired) electrons. The van der Waals surface area contributed by atoms with Crippen LogP contribution in [0.5, 0.6) is 5.75 Å². The van der Waals surface area contributed by atoms with Crippen molar-refractivity contribution in [2.24, 2.45) is 0 Å². The van der Waals surface area contributed by atoms with E-state index in [4.69, 9.17) is 4.74 Å². The minimum atomic E-state index is -0.472. The highest BCUT2D eigenvalue weighted by atomic mass is 32.2. The molecule has 3 rings (SSSR count). The molecule has 2 aromatic carbocycles. The van der Waals surface area contributed by atoms with Crippen LogP contribution in [0.25, 0.3) is 11.1 Å². The Balaban J connectivity index is 1.89. The molecule has 0 unspecified atom stereocenters. The zero-order valence-corrected chi connectivity index (χ0v) is 15.4. The molecule has 0 aliphatic heterocycles. The fourth-order valence-corrected chi connectivity index (χ4v) is 3.39. The number of nitrogens with one attached hydrogen (secondary N) is 1. The molecule has 0 fully saturated rings. The summed E-state index contributed by atoms with van der Waals surface area (Å²) < 4.78 is 5.14. The molecule has 0 aliphatic rings. The van der Waals surface area contributed by atoms with Gasteiger partial charge < -0.3 is 9.72 Å². The van der Waals surface area contributed by atoms with Gasteiger partial charge in [-0.3, -0.25) is 9.59 Å². The fourth-order valence-electron chi connectivity index (χ4n) is 2.57. The predicted octanol–water partition coefficient (Wildman–Crippen LogP) is 3.90. The van der Waals surface area contributed by atoms with Crippen molar-refractivity contribution >= 4 is 17.5 Å². The molecule has 134 valence electrons. The number of pyridine rings is 1. The molecule has 0 spiro atoms. The highest BCUT2D eigenvalue weighted by Crippen LogP contribution is 2.27. The summed E-state index contributed by atoms with van der Waals surface area (Å²) in [5.41, 5.74) is 1.45. The van der Waals surface area contributed by atoms with Crippen LogP contribution in [0.4, 0.5) is 0 Å². The minimum absolute atomic E-state index is 0.0307. The van der Waals surface area contributed by atoms with Crippen molar-refractivity contribution in [3.8, 4) is 22.9 Å². The number of nitrogens with zero attached hydrogens (tertiary/aromatic N) is 1. The number of aromatic nitrogens is 1. The number of carbonyl (C=O) groups is 1. The van der Waals surface area contributed by atoms with E-state index in [1.165, 1.54) is 11.8 Å². The molecule has 0 amide bonds. The van der Waals surface area contributed by atoms with Crippen LogP contribution in [0.1, 0.15) is 15.9 Å². The summed E-state index contributed by atoms with van der Waals surface area (Å²) in [7, 11) is 1.57. The molecular formula is C21H16N2O3S. The number of Topliss-reactive ketones (excluding diaryl/α,β-unsaturated/α-hetero) is 1. The molecule has 0 aliphatic carbocycles. The molecule has 1 N–H and O–H groups in total. The van der Waals surface area contributed by atoms with Crippen LogP contribution in [-0.4, -0.2) is 23.6 Å². The highest BCUT2D eigenvalue weighted by molar-refractivity contribution is 7.99. The summed E-state index contributed by atoms with van der Waals surface area (Å²) in [6.07, 6.45) is 0. The van der Waals surface area contributed by atoms with Crippen molar-refractivity contribution < 1.29 is 9.53 Å². The third kappa shape index (κ3) is 4.27. The topological polar surface area (TPSA) is 83.0 Å². The van der Waals surface area contributed by atoms with E-state index in [0.717, 1.165) is 5.56 Å². The molecule has 6 heteroatoms. The third-order valence-corrected chi connectivity index (χ3v) is 4.91. The number of thioether (sulfide) groups is 1. The standard InChI is InChI=1S/C21H16N2O3S/c1-26-16-9-7-14(8-10-16)17-11-20(23-21(25)18(17)12-22)27-13-19(24)15-5-3-2-4-6-15/h2-11H,13H2,1H3,(H,23,25). The predicted molar refractivity (Wildman–Crippen MR) is 105 cm³/mol. The molecule has 1 heterocycles. The molecular weight excluding hydrogens is 360 g/mol. The van der Waals surface area contributed by atoms with E-state index in [-0.39, 0.29) is 17.1 Å². The summed E-state index contributed by atoms with van der Waals surface area (Å²) >= 11 is 1.23. The largest absolute Gasteiger partial charge is 0.497 e. The highest BCUT2D eigenvalue weighted by Gasteiger charge is 2.13. The van der Waals surface area contributed by atoms with Crippen LogP contribution in [0, 0.1) is 11.3 Å². The van der Waals surface area contributed by atoms with E-state index >= 15 is 0 Å².